The minimum atomic E-state index is -4.68. The summed E-state index contributed by atoms with van der Waals surface area (Å²) in [6.07, 6.45) is -8.17. The van der Waals surface area contributed by atoms with E-state index >= 15 is 0 Å². The van der Waals surface area contributed by atoms with Gasteiger partial charge in [-0.3, -0.25) is 9.59 Å². The van der Waals surface area contributed by atoms with Crippen LogP contribution >= 0.6 is 11.3 Å². The molecule has 3 heterocycles. The Morgan fingerprint density at radius 2 is 1.93 bits per heavy atom. The first-order valence-electron chi connectivity index (χ1n) is 12.1. The lowest BCUT2D eigenvalue weighted by Crippen LogP contribution is -2.38. The number of anilines is 1. The van der Waals surface area contributed by atoms with E-state index in [9.17, 15) is 45.4 Å². The van der Waals surface area contributed by atoms with E-state index in [1.807, 2.05) is 0 Å². The van der Waals surface area contributed by atoms with Crippen LogP contribution in [0.5, 0.6) is 0 Å². The van der Waals surface area contributed by atoms with Gasteiger partial charge in [-0.1, -0.05) is 6.92 Å². The highest BCUT2D eigenvalue weighted by atomic mass is 32.1. The van der Waals surface area contributed by atoms with Crippen molar-refractivity contribution in [3.8, 4) is 10.4 Å². The molecule has 2 unspecified atom stereocenters. The molecule has 2 aromatic rings. The molecule has 1 fully saturated rings. The number of nitrogens with one attached hydrogen (secondary N) is 2. The number of nitrogens with zero attached hydrogens (tertiary/aromatic N) is 3. The number of likely N-dealkylation sites (tertiary alicyclic amines) is 1. The Bertz CT molecular complexity index is 1250. The molecule has 2 aromatic heterocycles. The van der Waals surface area contributed by atoms with E-state index in [2.05, 4.69) is 20.6 Å². The van der Waals surface area contributed by atoms with Crippen LogP contribution in [0.3, 0.4) is 0 Å². The molecule has 1 aliphatic heterocycles. The van der Waals surface area contributed by atoms with Gasteiger partial charge in [0.25, 0.3) is 24.2 Å². The molecule has 0 bridgehead atoms. The van der Waals surface area contributed by atoms with Gasteiger partial charge in [0.15, 0.2) is 5.01 Å². The molecular weight excluding hydrogens is 571 g/mol. The van der Waals surface area contributed by atoms with Gasteiger partial charge in [0, 0.05) is 36.3 Å². The van der Waals surface area contributed by atoms with Crippen LogP contribution < -0.4 is 10.6 Å². The average molecular weight is 600 g/mol. The predicted molar refractivity (Wildman–Crippen MR) is 133 cm³/mol. The molecule has 0 spiro atoms. The number of alkyl halides is 7. The number of aliphatic hydroxyl groups is 1. The summed E-state index contributed by atoms with van der Waals surface area (Å²) >= 11 is 0.506. The van der Waals surface area contributed by atoms with Gasteiger partial charge in [0.2, 0.25) is 0 Å². The van der Waals surface area contributed by atoms with Crippen LogP contribution in [-0.2, 0) is 0 Å². The predicted octanol–water partition coefficient (Wildman–Crippen LogP) is 5.27. The van der Waals surface area contributed by atoms with Crippen LogP contribution in [0, 0.1) is 0 Å². The topological polar surface area (TPSA) is 107 Å². The highest BCUT2D eigenvalue weighted by Gasteiger charge is 2.46. The maximum atomic E-state index is 14.2. The van der Waals surface area contributed by atoms with Crippen LogP contribution in [0.4, 0.5) is 36.6 Å². The minimum absolute atomic E-state index is 0.235. The second kappa shape index (κ2) is 11.5. The molecule has 1 saturated heterocycles. The molecular formula is C24H28F7N5O3S. The number of thiazole rings is 1. The van der Waals surface area contributed by atoms with Crippen molar-refractivity contribution in [2.75, 3.05) is 18.4 Å². The highest BCUT2D eigenvalue weighted by molar-refractivity contribution is 7.17. The monoisotopic (exact) mass is 599 g/mol. The number of amides is 2. The SMILES string of the molecule is CCC(Nc1cc(C(F)F)c(-c2sc(C(=O)NCC(C)(C)O)nc2C(=O)N2CC(F)(F)CC2C)cn1)C(F)(F)F. The molecule has 3 N–H and O–H groups in total. The third-order valence-electron chi connectivity index (χ3n) is 6.04. The molecule has 0 aliphatic carbocycles. The normalized spacial score (nSPS) is 18.2. The van der Waals surface area contributed by atoms with E-state index in [0.717, 1.165) is 11.1 Å². The Labute approximate surface area is 229 Å². The minimum Gasteiger partial charge on any atom is -0.389 e. The fourth-order valence-electron chi connectivity index (χ4n) is 4.05. The van der Waals surface area contributed by atoms with Gasteiger partial charge in [-0.05, 0) is 33.3 Å². The summed E-state index contributed by atoms with van der Waals surface area (Å²) < 4.78 is 96.0. The molecule has 40 heavy (non-hydrogen) atoms. The maximum Gasteiger partial charge on any atom is 0.408 e. The van der Waals surface area contributed by atoms with Crippen LogP contribution in [0.25, 0.3) is 10.4 Å². The lowest BCUT2D eigenvalue weighted by atomic mass is 10.1. The smallest absolute Gasteiger partial charge is 0.389 e. The molecule has 0 radical (unpaired) electrons. The zero-order chi connectivity index (χ0) is 30.2. The molecule has 8 nitrogen and oxygen atoms in total. The van der Waals surface area contributed by atoms with Gasteiger partial charge >= 0.3 is 6.18 Å². The number of halogens is 7. The first-order valence-corrected chi connectivity index (χ1v) is 13.0. The van der Waals surface area contributed by atoms with Crippen molar-refractivity contribution in [3.63, 3.8) is 0 Å². The number of aromatic nitrogens is 2. The van der Waals surface area contributed by atoms with Crippen LogP contribution in [-0.4, -0.2) is 74.7 Å². The van der Waals surface area contributed by atoms with Gasteiger partial charge in [-0.25, -0.2) is 27.5 Å². The molecule has 16 heteroatoms. The van der Waals surface area contributed by atoms with Crippen molar-refractivity contribution < 1.29 is 45.4 Å². The van der Waals surface area contributed by atoms with Gasteiger partial charge in [0.05, 0.1) is 17.0 Å². The van der Waals surface area contributed by atoms with Crippen LogP contribution in [0.15, 0.2) is 12.3 Å². The Balaban J connectivity index is 2.10. The van der Waals surface area contributed by atoms with Gasteiger partial charge in [-0.2, -0.15) is 13.2 Å². The summed E-state index contributed by atoms with van der Waals surface area (Å²) in [6, 6.07) is -2.30. The first-order chi connectivity index (χ1) is 18.3. The standard InChI is InChI=1S/C24H28F7N5O3S/c1-5-14(24(29,30)31)34-15-6-12(18(25)26)13(8-32-15)17-16(21(38)36-10-23(27,28)7-11(36)2)35-20(40-17)19(37)33-9-22(3,4)39/h6,8,11,14,18,39H,5,7,9-10H2,1-4H3,(H,32,34)(H,33,37). The Morgan fingerprint density at radius 1 is 1.27 bits per heavy atom. The number of pyridine rings is 1. The van der Waals surface area contributed by atoms with E-state index in [4.69, 9.17) is 0 Å². The fraction of sp³-hybridized carbons (Fsp3) is 0.583. The van der Waals surface area contributed by atoms with Gasteiger partial charge in [-0.15, -0.1) is 11.3 Å². The quantitative estimate of drug-likeness (QED) is 0.340. The number of hydrogen-bond acceptors (Lipinski definition) is 7. The third kappa shape index (κ3) is 7.38. The van der Waals surface area contributed by atoms with Crippen molar-refractivity contribution in [2.24, 2.45) is 0 Å². The molecule has 2 atom stereocenters. The Hall–Kier alpha value is -3.01. The van der Waals surface area contributed by atoms with Crippen LogP contribution in [0.1, 0.15) is 72.8 Å². The molecule has 0 saturated carbocycles. The first kappa shape index (κ1) is 31.5. The Kier molecular flexibility index (Phi) is 9.03. The molecule has 0 aromatic carbocycles. The van der Waals surface area contributed by atoms with Crippen LogP contribution in [0.2, 0.25) is 0 Å². The van der Waals surface area contributed by atoms with Crippen molar-refractivity contribution in [3.05, 3.63) is 28.5 Å². The largest absolute Gasteiger partial charge is 0.408 e. The summed E-state index contributed by atoms with van der Waals surface area (Å²) in [5.41, 5.74) is -3.10. The second-order valence-electron chi connectivity index (χ2n) is 10.1. The van der Waals surface area contributed by atoms with Crippen molar-refractivity contribution in [1.82, 2.24) is 20.2 Å². The van der Waals surface area contributed by atoms with E-state index in [-0.39, 0.29) is 16.4 Å². The highest BCUT2D eigenvalue weighted by Crippen LogP contribution is 2.40. The molecule has 222 valence electrons. The lowest BCUT2D eigenvalue weighted by molar-refractivity contribution is -0.142. The van der Waals surface area contributed by atoms with E-state index in [1.165, 1.54) is 27.7 Å². The maximum absolute atomic E-state index is 14.2. The number of hydrogen-bond donors (Lipinski definition) is 3. The number of carbonyl (C=O) groups excluding carboxylic acids is 2. The van der Waals surface area contributed by atoms with Crippen molar-refractivity contribution in [2.45, 2.75) is 76.7 Å². The Morgan fingerprint density at radius 3 is 2.42 bits per heavy atom. The zero-order valence-corrected chi connectivity index (χ0v) is 22.7. The summed E-state index contributed by atoms with van der Waals surface area (Å²) in [5.74, 6) is -5.61. The lowest BCUT2D eigenvalue weighted by Gasteiger charge is -2.22. The third-order valence-corrected chi connectivity index (χ3v) is 7.12. The fourth-order valence-corrected chi connectivity index (χ4v) is 5.06. The number of carbonyl (C=O) groups is 2. The zero-order valence-electron chi connectivity index (χ0n) is 21.9. The second-order valence-corrected chi connectivity index (χ2v) is 11.1. The van der Waals surface area contributed by atoms with Gasteiger partial charge in [0.1, 0.15) is 17.6 Å². The van der Waals surface area contributed by atoms with Crippen molar-refractivity contribution >= 4 is 29.0 Å². The number of rotatable bonds is 9. The van der Waals surface area contributed by atoms with Gasteiger partial charge < -0.3 is 20.6 Å². The van der Waals surface area contributed by atoms with E-state index in [1.54, 1.807) is 0 Å². The molecule has 1 aliphatic rings. The summed E-state index contributed by atoms with van der Waals surface area (Å²) in [7, 11) is 0. The van der Waals surface area contributed by atoms with Crippen molar-refractivity contribution in [1.29, 1.82) is 0 Å². The summed E-state index contributed by atoms with van der Waals surface area (Å²) in [4.78, 5) is 34.4. The van der Waals surface area contributed by atoms with E-state index in [0.29, 0.717) is 17.4 Å². The molecule has 3 rings (SSSR count). The average Bonchev–Trinajstić information content (AvgIpc) is 3.39. The van der Waals surface area contributed by atoms with E-state index < -0.39 is 90.0 Å². The summed E-state index contributed by atoms with van der Waals surface area (Å²) in [5, 5.41) is 14.0. The summed E-state index contributed by atoms with van der Waals surface area (Å²) in [6.45, 7) is 4.24. The molecule has 2 amide bonds.